The number of nitrogens with one attached hydrogen (secondary N) is 1. The number of hydrogen-bond acceptors (Lipinski definition) is 7. The number of rotatable bonds is 4. The van der Waals surface area contributed by atoms with E-state index in [0.717, 1.165) is 61.9 Å². The molecule has 0 spiro atoms. The smallest absolute Gasteiger partial charge is 0.163 e. The zero-order valence-electron chi connectivity index (χ0n) is 15.7. The first-order chi connectivity index (χ1) is 12.8. The summed E-state index contributed by atoms with van der Waals surface area (Å²) in [6.07, 6.45) is 6.11. The van der Waals surface area contributed by atoms with Crippen molar-refractivity contribution < 1.29 is 9.84 Å². The molecule has 2 aromatic heterocycles. The summed E-state index contributed by atoms with van der Waals surface area (Å²) in [4.78, 5) is 16.3. The molecule has 0 saturated carbocycles. The molecule has 0 bridgehead atoms. The quantitative estimate of drug-likeness (QED) is 0.767. The van der Waals surface area contributed by atoms with Gasteiger partial charge in [0.2, 0.25) is 0 Å². The van der Waals surface area contributed by atoms with Crippen molar-refractivity contribution in [2.45, 2.75) is 25.4 Å². The third kappa shape index (κ3) is 5.10. The van der Waals surface area contributed by atoms with Gasteiger partial charge in [0.15, 0.2) is 5.82 Å². The number of aromatic nitrogens is 3. The number of morpholine rings is 1. The zero-order valence-corrected chi connectivity index (χ0v) is 17.3. The maximum absolute atomic E-state index is 9.26. The molecule has 0 amide bonds. The van der Waals surface area contributed by atoms with E-state index in [0.29, 0.717) is 13.0 Å². The van der Waals surface area contributed by atoms with Gasteiger partial charge in [-0.25, -0.2) is 9.97 Å². The molecular weight excluding hydrogens is 401 g/mol. The summed E-state index contributed by atoms with van der Waals surface area (Å²) in [6.45, 7) is 4.25. The summed E-state index contributed by atoms with van der Waals surface area (Å²) in [6, 6.07) is 3.92. The van der Waals surface area contributed by atoms with Crippen LogP contribution in [0.5, 0.6) is 0 Å². The Morgan fingerprint density at radius 2 is 2.07 bits per heavy atom. The first-order valence-electron chi connectivity index (χ1n) is 9.33. The zero-order chi connectivity index (χ0) is 17.8. The maximum Gasteiger partial charge on any atom is 0.163 e. The highest BCUT2D eigenvalue weighted by Crippen LogP contribution is 2.28. The van der Waals surface area contributed by atoms with Gasteiger partial charge in [-0.1, -0.05) is 0 Å². The first-order valence-corrected chi connectivity index (χ1v) is 9.33. The number of anilines is 1. The number of nitrogens with zero attached hydrogens (tertiary/aromatic N) is 4. The second kappa shape index (κ2) is 10.9. The lowest BCUT2D eigenvalue weighted by atomic mass is 10.1. The molecule has 4 heterocycles. The highest BCUT2D eigenvalue weighted by atomic mass is 35.5. The molecule has 1 fully saturated rings. The van der Waals surface area contributed by atoms with Gasteiger partial charge in [0.1, 0.15) is 5.82 Å². The minimum absolute atomic E-state index is 0. The van der Waals surface area contributed by atoms with E-state index in [-0.39, 0.29) is 37.5 Å². The Morgan fingerprint density at radius 3 is 2.86 bits per heavy atom. The number of aliphatic hydroxyl groups excluding tert-OH is 1. The number of halogens is 2. The monoisotopic (exact) mass is 427 g/mol. The minimum Gasteiger partial charge on any atom is -0.396 e. The second-order valence-electron chi connectivity index (χ2n) is 6.74. The number of hydrogen-bond donors (Lipinski definition) is 2. The van der Waals surface area contributed by atoms with Crippen molar-refractivity contribution in [3.8, 4) is 11.4 Å². The van der Waals surface area contributed by atoms with Gasteiger partial charge in [-0.15, -0.1) is 24.8 Å². The van der Waals surface area contributed by atoms with Crippen molar-refractivity contribution in [3.05, 3.63) is 35.8 Å². The maximum atomic E-state index is 9.26. The Bertz CT molecular complexity index is 749. The van der Waals surface area contributed by atoms with Gasteiger partial charge in [0.05, 0.1) is 18.4 Å². The SMILES string of the molecule is Cl.Cl.OCCC1CN(c2nc(-c3cccnc3)nc3c2CCNCC3)CCO1. The average molecular weight is 428 g/mol. The summed E-state index contributed by atoms with van der Waals surface area (Å²) in [7, 11) is 0. The van der Waals surface area contributed by atoms with Crippen LogP contribution < -0.4 is 10.2 Å². The standard InChI is InChI=1S/C19H25N5O2.2ClH/c25-10-5-15-13-24(9-11-26-15)19-16-3-7-20-8-4-17(16)22-18(23-19)14-2-1-6-21-12-14;;/h1-2,6,12,15,20,25H,3-5,7-11,13H2;2*1H. The molecule has 2 aliphatic heterocycles. The summed E-state index contributed by atoms with van der Waals surface area (Å²) in [5, 5.41) is 12.7. The molecule has 28 heavy (non-hydrogen) atoms. The lowest BCUT2D eigenvalue weighted by Crippen LogP contribution is -2.44. The number of fused-ring (bicyclic) bond motifs is 1. The van der Waals surface area contributed by atoms with E-state index >= 15 is 0 Å². The normalized spacial score (nSPS) is 19.0. The van der Waals surface area contributed by atoms with E-state index < -0.39 is 0 Å². The highest BCUT2D eigenvalue weighted by molar-refractivity contribution is 5.85. The van der Waals surface area contributed by atoms with Gasteiger partial charge in [0, 0.05) is 56.2 Å². The Balaban J connectivity index is 0.00000140. The third-order valence-corrected chi connectivity index (χ3v) is 4.97. The molecule has 1 atom stereocenters. The van der Waals surface area contributed by atoms with Gasteiger partial charge in [-0.2, -0.15) is 0 Å². The fourth-order valence-electron chi connectivity index (χ4n) is 3.64. The van der Waals surface area contributed by atoms with E-state index in [9.17, 15) is 5.11 Å². The molecule has 2 N–H and O–H groups in total. The highest BCUT2D eigenvalue weighted by Gasteiger charge is 2.26. The fourth-order valence-corrected chi connectivity index (χ4v) is 3.64. The Morgan fingerprint density at radius 1 is 1.21 bits per heavy atom. The summed E-state index contributed by atoms with van der Waals surface area (Å²) >= 11 is 0. The molecule has 1 saturated heterocycles. The molecule has 1 unspecified atom stereocenters. The Labute approximate surface area is 177 Å². The second-order valence-corrected chi connectivity index (χ2v) is 6.74. The van der Waals surface area contributed by atoms with Crippen molar-refractivity contribution in [1.82, 2.24) is 20.3 Å². The molecule has 4 rings (SSSR count). The van der Waals surface area contributed by atoms with Crippen LogP contribution in [0, 0.1) is 0 Å². The topological polar surface area (TPSA) is 83.4 Å². The van der Waals surface area contributed by atoms with E-state index in [1.54, 1.807) is 6.20 Å². The van der Waals surface area contributed by atoms with E-state index in [1.807, 2.05) is 18.3 Å². The number of ether oxygens (including phenoxy) is 1. The average Bonchev–Trinajstić information content (AvgIpc) is 2.94. The largest absolute Gasteiger partial charge is 0.396 e. The Kier molecular flexibility index (Phi) is 8.85. The molecule has 0 aliphatic carbocycles. The predicted molar refractivity (Wildman–Crippen MR) is 114 cm³/mol. The molecule has 2 aromatic rings. The van der Waals surface area contributed by atoms with Crippen LogP contribution in [0.4, 0.5) is 5.82 Å². The van der Waals surface area contributed by atoms with E-state index in [1.165, 1.54) is 5.56 Å². The molecule has 154 valence electrons. The third-order valence-electron chi connectivity index (χ3n) is 4.97. The van der Waals surface area contributed by atoms with Crippen LogP contribution in [0.15, 0.2) is 24.5 Å². The molecule has 9 heteroatoms. The fraction of sp³-hybridized carbons (Fsp3) is 0.526. The van der Waals surface area contributed by atoms with Crippen LogP contribution in [0.25, 0.3) is 11.4 Å². The van der Waals surface area contributed by atoms with Crippen LogP contribution in [0.3, 0.4) is 0 Å². The number of aliphatic hydroxyl groups is 1. The minimum atomic E-state index is 0. The molecular formula is C19H27Cl2N5O2. The van der Waals surface area contributed by atoms with Gasteiger partial charge >= 0.3 is 0 Å². The van der Waals surface area contributed by atoms with Gasteiger partial charge in [0.25, 0.3) is 0 Å². The van der Waals surface area contributed by atoms with Crippen LogP contribution in [0.2, 0.25) is 0 Å². The molecule has 0 aromatic carbocycles. The van der Waals surface area contributed by atoms with E-state index in [4.69, 9.17) is 14.7 Å². The predicted octanol–water partition coefficient (Wildman–Crippen LogP) is 1.66. The molecule has 7 nitrogen and oxygen atoms in total. The van der Waals surface area contributed by atoms with E-state index in [2.05, 4.69) is 15.2 Å². The van der Waals surface area contributed by atoms with Crippen LogP contribution in [-0.2, 0) is 17.6 Å². The lowest BCUT2D eigenvalue weighted by molar-refractivity contribution is 0.0244. The van der Waals surface area contributed by atoms with Crippen LogP contribution >= 0.6 is 24.8 Å². The van der Waals surface area contributed by atoms with Gasteiger partial charge in [-0.05, 0) is 31.5 Å². The van der Waals surface area contributed by atoms with Crippen molar-refractivity contribution in [3.63, 3.8) is 0 Å². The van der Waals surface area contributed by atoms with Crippen molar-refractivity contribution in [2.24, 2.45) is 0 Å². The summed E-state index contributed by atoms with van der Waals surface area (Å²) < 4.78 is 5.79. The van der Waals surface area contributed by atoms with Gasteiger partial charge < -0.3 is 20.1 Å². The summed E-state index contributed by atoms with van der Waals surface area (Å²) in [5.41, 5.74) is 3.31. The summed E-state index contributed by atoms with van der Waals surface area (Å²) in [5.74, 6) is 1.75. The lowest BCUT2D eigenvalue weighted by Gasteiger charge is -2.35. The van der Waals surface area contributed by atoms with Gasteiger partial charge in [-0.3, -0.25) is 4.98 Å². The van der Waals surface area contributed by atoms with Crippen molar-refractivity contribution in [2.75, 3.05) is 44.3 Å². The van der Waals surface area contributed by atoms with Crippen molar-refractivity contribution in [1.29, 1.82) is 0 Å². The van der Waals surface area contributed by atoms with Crippen molar-refractivity contribution >= 4 is 30.6 Å². The Hall–Kier alpha value is -1.51. The van der Waals surface area contributed by atoms with Crippen LogP contribution in [0.1, 0.15) is 17.7 Å². The molecule has 0 radical (unpaired) electrons. The molecule has 2 aliphatic rings. The number of pyridine rings is 1. The van der Waals surface area contributed by atoms with Crippen LogP contribution in [-0.4, -0.2) is 65.6 Å². The first kappa shape index (κ1) is 22.8.